The molecule has 3 rings (SSSR count). The number of benzene rings is 1. The van der Waals surface area contributed by atoms with Crippen molar-refractivity contribution in [3.05, 3.63) is 52.2 Å². The Morgan fingerprint density at radius 2 is 2.04 bits per heavy atom. The molecule has 1 N–H and O–H groups in total. The molecule has 0 spiro atoms. The van der Waals surface area contributed by atoms with Crippen molar-refractivity contribution in [3.63, 3.8) is 0 Å². The van der Waals surface area contributed by atoms with Crippen LogP contribution in [0.5, 0.6) is 0 Å². The molecule has 1 atom stereocenters. The summed E-state index contributed by atoms with van der Waals surface area (Å²) >= 11 is 2.57. The quantitative estimate of drug-likeness (QED) is 0.721. The average Bonchev–Trinajstić information content (AvgIpc) is 3.18. The number of carboxylic acid groups (broad SMARTS) is 1. The van der Waals surface area contributed by atoms with Crippen LogP contribution in [0.1, 0.15) is 28.6 Å². The average molecular weight is 418 g/mol. The van der Waals surface area contributed by atoms with Gasteiger partial charge >= 0.3 is 11.9 Å². The summed E-state index contributed by atoms with van der Waals surface area (Å²) in [6.07, 6.45) is -0.0772. The molecule has 1 aromatic heterocycles. The SMILES string of the molecule is CCOC(=O)c1ccc(N=C2S[C@@H](C(=O)O)CC(=O)N2Cc2cccs2)cc1. The van der Waals surface area contributed by atoms with Gasteiger partial charge in [0, 0.05) is 4.88 Å². The Labute approximate surface area is 170 Å². The Morgan fingerprint density at radius 1 is 1.29 bits per heavy atom. The van der Waals surface area contributed by atoms with Crippen molar-refractivity contribution in [2.75, 3.05) is 6.61 Å². The molecule has 1 aromatic carbocycles. The van der Waals surface area contributed by atoms with E-state index in [4.69, 9.17) is 4.74 Å². The van der Waals surface area contributed by atoms with Crippen molar-refractivity contribution in [2.24, 2.45) is 4.99 Å². The number of amidine groups is 1. The summed E-state index contributed by atoms with van der Waals surface area (Å²) in [5.41, 5.74) is 0.919. The van der Waals surface area contributed by atoms with Crippen LogP contribution < -0.4 is 0 Å². The molecule has 2 heterocycles. The molecular weight excluding hydrogens is 400 g/mol. The van der Waals surface area contributed by atoms with E-state index in [0.29, 0.717) is 23.0 Å². The normalized spacial score (nSPS) is 18.3. The lowest BCUT2D eigenvalue weighted by Crippen LogP contribution is -2.43. The van der Waals surface area contributed by atoms with Crippen LogP contribution in [0.2, 0.25) is 0 Å². The van der Waals surface area contributed by atoms with Gasteiger partial charge in [-0.2, -0.15) is 0 Å². The minimum Gasteiger partial charge on any atom is -0.480 e. The number of ether oxygens (including phenoxy) is 1. The molecule has 1 aliphatic rings. The van der Waals surface area contributed by atoms with Gasteiger partial charge in [0.25, 0.3) is 0 Å². The lowest BCUT2D eigenvalue weighted by atomic mass is 10.2. The van der Waals surface area contributed by atoms with Gasteiger partial charge in [0.05, 0.1) is 30.8 Å². The van der Waals surface area contributed by atoms with Gasteiger partial charge in [-0.15, -0.1) is 11.3 Å². The van der Waals surface area contributed by atoms with Crippen LogP contribution in [0.4, 0.5) is 5.69 Å². The number of nitrogens with zero attached hydrogens (tertiary/aromatic N) is 2. The van der Waals surface area contributed by atoms with Gasteiger partial charge in [-0.25, -0.2) is 9.79 Å². The molecule has 0 bridgehead atoms. The molecule has 0 radical (unpaired) electrons. The maximum Gasteiger partial charge on any atom is 0.338 e. The maximum absolute atomic E-state index is 12.6. The van der Waals surface area contributed by atoms with Crippen LogP contribution >= 0.6 is 23.1 Å². The van der Waals surface area contributed by atoms with Crippen molar-refractivity contribution in [2.45, 2.75) is 25.1 Å². The minimum absolute atomic E-state index is 0.0772. The molecule has 0 saturated carbocycles. The fourth-order valence-electron chi connectivity index (χ4n) is 2.54. The van der Waals surface area contributed by atoms with Gasteiger partial charge < -0.3 is 9.84 Å². The van der Waals surface area contributed by atoms with E-state index in [1.807, 2.05) is 17.5 Å². The second kappa shape index (κ2) is 9.03. The molecule has 7 nitrogen and oxygen atoms in total. The van der Waals surface area contributed by atoms with Gasteiger partial charge in [-0.1, -0.05) is 17.8 Å². The highest BCUT2D eigenvalue weighted by Crippen LogP contribution is 2.31. The molecule has 1 fully saturated rings. The number of carbonyl (C=O) groups excluding carboxylic acids is 2. The lowest BCUT2D eigenvalue weighted by Gasteiger charge is -2.30. The number of aliphatic imine (C=N–C) groups is 1. The van der Waals surface area contributed by atoms with Gasteiger partial charge in [0.2, 0.25) is 5.91 Å². The lowest BCUT2D eigenvalue weighted by molar-refractivity contribution is -0.139. The molecular formula is C19H18N2O5S2. The monoisotopic (exact) mass is 418 g/mol. The second-order valence-corrected chi connectivity index (χ2v) is 8.07. The summed E-state index contributed by atoms with van der Waals surface area (Å²) in [5.74, 6) is -1.74. The van der Waals surface area contributed by atoms with E-state index in [0.717, 1.165) is 16.6 Å². The number of hydrogen-bond donors (Lipinski definition) is 1. The number of carboxylic acids is 1. The predicted molar refractivity (Wildman–Crippen MR) is 108 cm³/mol. The zero-order valence-corrected chi connectivity index (χ0v) is 16.7. The van der Waals surface area contributed by atoms with Crippen LogP contribution in [0.25, 0.3) is 0 Å². The predicted octanol–water partition coefficient (Wildman–Crippen LogP) is 3.53. The van der Waals surface area contributed by atoms with Crippen LogP contribution in [0.15, 0.2) is 46.8 Å². The third-order valence-electron chi connectivity index (χ3n) is 3.91. The topological polar surface area (TPSA) is 96.3 Å². The first kappa shape index (κ1) is 20.1. The fourth-order valence-corrected chi connectivity index (χ4v) is 4.27. The number of thioether (sulfide) groups is 1. The molecule has 0 unspecified atom stereocenters. The Kier molecular flexibility index (Phi) is 6.48. The summed E-state index contributed by atoms with van der Waals surface area (Å²) in [4.78, 5) is 42.7. The number of hydrogen-bond acceptors (Lipinski definition) is 7. The van der Waals surface area contributed by atoms with Crippen molar-refractivity contribution in [1.29, 1.82) is 0 Å². The molecule has 28 heavy (non-hydrogen) atoms. The first-order chi connectivity index (χ1) is 13.5. The van der Waals surface area contributed by atoms with E-state index in [-0.39, 0.29) is 18.9 Å². The van der Waals surface area contributed by atoms with Gasteiger partial charge in [-0.05, 0) is 42.6 Å². The second-order valence-electron chi connectivity index (χ2n) is 5.87. The van der Waals surface area contributed by atoms with E-state index in [2.05, 4.69) is 4.99 Å². The molecule has 1 saturated heterocycles. The van der Waals surface area contributed by atoms with Gasteiger partial charge in [0.1, 0.15) is 5.25 Å². The van der Waals surface area contributed by atoms with Crippen molar-refractivity contribution in [3.8, 4) is 0 Å². The van der Waals surface area contributed by atoms with Gasteiger partial charge in [0.15, 0.2) is 5.17 Å². The molecule has 0 aliphatic carbocycles. The van der Waals surface area contributed by atoms with Crippen molar-refractivity contribution >= 4 is 51.8 Å². The van der Waals surface area contributed by atoms with Gasteiger partial charge in [-0.3, -0.25) is 14.5 Å². The van der Waals surface area contributed by atoms with E-state index in [9.17, 15) is 19.5 Å². The highest BCUT2D eigenvalue weighted by Gasteiger charge is 2.36. The molecule has 1 aliphatic heterocycles. The molecule has 9 heteroatoms. The number of thiophene rings is 1. The number of carbonyl (C=O) groups is 3. The van der Waals surface area contributed by atoms with Crippen LogP contribution in [0.3, 0.4) is 0 Å². The van der Waals surface area contributed by atoms with E-state index in [1.54, 1.807) is 31.2 Å². The maximum atomic E-state index is 12.6. The Hall–Kier alpha value is -2.65. The van der Waals surface area contributed by atoms with E-state index >= 15 is 0 Å². The highest BCUT2D eigenvalue weighted by atomic mass is 32.2. The Bertz CT molecular complexity index is 894. The third-order valence-corrected chi connectivity index (χ3v) is 5.95. The summed E-state index contributed by atoms with van der Waals surface area (Å²) < 4.78 is 4.95. The smallest absolute Gasteiger partial charge is 0.338 e. The Morgan fingerprint density at radius 3 is 2.64 bits per heavy atom. The number of rotatable bonds is 6. The summed E-state index contributed by atoms with van der Waals surface area (Å²) in [6.45, 7) is 2.36. The standard InChI is InChI=1S/C19H18N2O5S2/c1-2-26-18(25)12-5-7-13(8-6-12)20-19-21(11-14-4-3-9-27-14)16(22)10-15(28-19)17(23)24/h3-9,15H,2,10-11H2,1H3,(H,23,24)/t15-/m1/s1. The van der Waals surface area contributed by atoms with Crippen LogP contribution in [-0.4, -0.2) is 44.9 Å². The first-order valence-electron chi connectivity index (χ1n) is 8.56. The van der Waals surface area contributed by atoms with Crippen LogP contribution in [-0.2, 0) is 20.9 Å². The summed E-state index contributed by atoms with van der Waals surface area (Å²) in [7, 11) is 0. The first-order valence-corrected chi connectivity index (χ1v) is 10.3. The minimum atomic E-state index is -1.04. The Balaban J connectivity index is 1.87. The molecule has 2 aromatic rings. The molecule has 1 amide bonds. The largest absolute Gasteiger partial charge is 0.480 e. The number of amides is 1. The fraction of sp³-hybridized carbons (Fsp3) is 0.263. The summed E-state index contributed by atoms with van der Waals surface area (Å²) in [5, 5.41) is 10.7. The number of esters is 1. The number of aliphatic carboxylic acids is 1. The van der Waals surface area contributed by atoms with E-state index in [1.165, 1.54) is 16.2 Å². The zero-order valence-electron chi connectivity index (χ0n) is 15.0. The van der Waals surface area contributed by atoms with Crippen LogP contribution in [0, 0.1) is 0 Å². The summed E-state index contributed by atoms with van der Waals surface area (Å²) in [6, 6.07) is 10.3. The third kappa shape index (κ3) is 4.79. The van der Waals surface area contributed by atoms with Crippen molar-refractivity contribution < 1.29 is 24.2 Å². The highest BCUT2D eigenvalue weighted by molar-refractivity contribution is 8.15. The van der Waals surface area contributed by atoms with E-state index < -0.39 is 17.2 Å². The zero-order chi connectivity index (χ0) is 20.1. The molecule has 146 valence electrons. The van der Waals surface area contributed by atoms with Crippen molar-refractivity contribution in [1.82, 2.24) is 4.90 Å².